The van der Waals surface area contributed by atoms with Crippen molar-refractivity contribution >= 4 is 29.0 Å². The maximum Gasteiger partial charge on any atom is 0.271 e. The fourth-order valence-corrected chi connectivity index (χ4v) is 2.70. The van der Waals surface area contributed by atoms with Gasteiger partial charge in [-0.2, -0.15) is 0 Å². The normalized spacial score (nSPS) is 10.3. The van der Waals surface area contributed by atoms with Gasteiger partial charge in [0, 0.05) is 6.54 Å². The van der Waals surface area contributed by atoms with Gasteiger partial charge in [0.1, 0.15) is 17.3 Å². The van der Waals surface area contributed by atoms with Crippen LogP contribution in [0.25, 0.3) is 0 Å². The van der Waals surface area contributed by atoms with Crippen molar-refractivity contribution in [3.8, 4) is 5.75 Å². The number of hydrogen-bond donors (Lipinski definition) is 2. The molecule has 0 atom stereocenters. The third kappa shape index (κ3) is 4.95. The van der Waals surface area contributed by atoms with E-state index in [1.807, 2.05) is 42.5 Å². The number of benzene rings is 2. The summed E-state index contributed by atoms with van der Waals surface area (Å²) in [6, 6.07) is 15.0. The number of methoxy groups -OCH3 is 1. The highest BCUT2D eigenvalue weighted by Gasteiger charge is 2.09. The number of carbonyl (C=O) groups is 1. The predicted octanol–water partition coefficient (Wildman–Crippen LogP) is 3.85. The zero-order valence-corrected chi connectivity index (χ0v) is 15.5. The molecule has 2 N–H and O–H groups in total. The Balaban J connectivity index is 1.55. The third-order valence-electron chi connectivity index (χ3n) is 3.89. The quantitative estimate of drug-likeness (QED) is 0.649. The fourth-order valence-electron chi connectivity index (χ4n) is 2.52. The molecule has 3 rings (SSSR count). The zero-order chi connectivity index (χ0) is 19.1. The Morgan fingerprint density at radius 3 is 2.59 bits per heavy atom. The lowest BCUT2D eigenvalue weighted by molar-refractivity contribution is 0.0948. The number of anilines is 2. The minimum Gasteiger partial charge on any atom is -0.496 e. The molecule has 138 valence electrons. The summed E-state index contributed by atoms with van der Waals surface area (Å²) in [4.78, 5) is 20.6. The van der Waals surface area contributed by atoms with Crippen molar-refractivity contribution in [1.82, 2.24) is 15.3 Å². The maximum absolute atomic E-state index is 12.2. The highest BCUT2D eigenvalue weighted by atomic mass is 35.5. The SMILES string of the molecule is COc1ccccc1CCNC(=O)c1cnc(Nc2ccccc2Cl)cn1. The van der Waals surface area contributed by atoms with Gasteiger partial charge >= 0.3 is 0 Å². The number of nitrogens with zero attached hydrogens (tertiary/aromatic N) is 2. The van der Waals surface area contributed by atoms with Crippen LogP contribution in [0.5, 0.6) is 5.75 Å². The highest BCUT2D eigenvalue weighted by molar-refractivity contribution is 6.33. The first-order valence-electron chi connectivity index (χ1n) is 8.41. The lowest BCUT2D eigenvalue weighted by Gasteiger charge is -2.09. The molecule has 0 saturated carbocycles. The van der Waals surface area contributed by atoms with Crippen LogP contribution in [0, 0.1) is 0 Å². The smallest absolute Gasteiger partial charge is 0.271 e. The van der Waals surface area contributed by atoms with Crippen LogP contribution >= 0.6 is 11.6 Å². The van der Waals surface area contributed by atoms with E-state index < -0.39 is 0 Å². The van der Waals surface area contributed by atoms with Crippen molar-refractivity contribution in [3.63, 3.8) is 0 Å². The Morgan fingerprint density at radius 2 is 1.85 bits per heavy atom. The Kier molecular flexibility index (Phi) is 6.22. The van der Waals surface area contributed by atoms with Gasteiger partial charge < -0.3 is 15.4 Å². The number of carbonyl (C=O) groups excluding carboxylic acids is 1. The number of para-hydroxylation sites is 2. The number of aromatic nitrogens is 2. The average molecular weight is 383 g/mol. The Labute approximate surface area is 162 Å². The van der Waals surface area contributed by atoms with E-state index in [1.165, 1.54) is 12.4 Å². The third-order valence-corrected chi connectivity index (χ3v) is 4.22. The molecule has 0 spiro atoms. The molecular weight excluding hydrogens is 364 g/mol. The lowest BCUT2D eigenvalue weighted by atomic mass is 10.1. The van der Waals surface area contributed by atoms with Crippen LogP contribution < -0.4 is 15.4 Å². The van der Waals surface area contributed by atoms with Gasteiger partial charge in [-0.15, -0.1) is 0 Å². The Hall–Kier alpha value is -3.12. The molecule has 0 aliphatic heterocycles. The predicted molar refractivity (Wildman–Crippen MR) is 106 cm³/mol. The van der Waals surface area contributed by atoms with E-state index in [9.17, 15) is 4.79 Å². The summed E-state index contributed by atoms with van der Waals surface area (Å²) in [5.41, 5.74) is 2.01. The van der Waals surface area contributed by atoms with Gasteiger partial charge in [-0.05, 0) is 30.2 Å². The fraction of sp³-hybridized carbons (Fsp3) is 0.150. The molecular formula is C20H19ClN4O2. The van der Waals surface area contributed by atoms with E-state index in [4.69, 9.17) is 16.3 Å². The van der Waals surface area contributed by atoms with Crippen LogP contribution in [-0.4, -0.2) is 29.5 Å². The van der Waals surface area contributed by atoms with E-state index >= 15 is 0 Å². The van der Waals surface area contributed by atoms with Crippen molar-refractivity contribution in [3.05, 3.63) is 77.2 Å². The molecule has 1 amide bonds. The molecule has 2 aromatic carbocycles. The summed E-state index contributed by atoms with van der Waals surface area (Å²) in [5.74, 6) is 1.04. The van der Waals surface area contributed by atoms with Gasteiger partial charge in [-0.1, -0.05) is 41.9 Å². The first-order chi connectivity index (χ1) is 13.2. The summed E-state index contributed by atoms with van der Waals surface area (Å²) in [6.45, 7) is 0.473. The van der Waals surface area contributed by atoms with Gasteiger partial charge in [-0.3, -0.25) is 4.79 Å². The Morgan fingerprint density at radius 1 is 1.07 bits per heavy atom. The van der Waals surface area contributed by atoms with Crippen LogP contribution in [0.3, 0.4) is 0 Å². The van der Waals surface area contributed by atoms with Crippen molar-refractivity contribution < 1.29 is 9.53 Å². The molecule has 3 aromatic rings. The van der Waals surface area contributed by atoms with Crippen LogP contribution in [0.4, 0.5) is 11.5 Å². The lowest BCUT2D eigenvalue weighted by Crippen LogP contribution is -2.26. The molecule has 27 heavy (non-hydrogen) atoms. The Bertz CT molecular complexity index is 916. The monoisotopic (exact) mass is 382 g/mol. The zero-order valence-electron chi connectivity index (χ0n) is 14.8. The topological polar surface area (TPSA) is 76.1 Å². The van der Waals surface area contributed by atoms with Gasteiger partial charge in [0.05, 0.1) is 30.2 Å². The second-order valence-electron chi connectivity index (χ2n) is 5.71. The summed E-state index contributed by atoms with van der Waals surface area (Å²) < 4.78 is 5.31. The van der Waals surface area contributed by atoms with E-state index in [2.05, 4.69) is 20.6 Å². The molecule has 6 nitrogen and oxygen atoms in total. The van der Waals surface area contributed by atoms with Crippen molar-refractivity contribution in [2.75, 3.05) is 19.0 Å². The maximum atomic E-state index is 12.2. The molecule has 0 aliphatic carbocycles. The number of hydrogen-bond acceptors (Lipinski definition) is 5. The van der Waals surface area contributed by atoms with E-state index in [0.29, 0.717) is 23.8 Å². The second-order valence-corrected chi connectivity index (χ2v) is 6.12. The summed E-state index contributed by atoms with van der Waals surface area (Å²) in [5, 5.41) is 6.48. The van der Waals surface area contributed by atoms with E-state index in [-0.39, 0.29) is 11.6 Å². The standard InChI is InChI=1S/C20H19ClN4O2/c1-27-18-9-5-2-6-14(18)10-11-22-20(26)17-12-24-19(13-23-17)25-16-8-4-3-7-15(16)21/h2-9,12-13H,10-11H2,1H3,(H,22,26)(H,24,25). The van der Waals surface area contributed by atoms with Gasteiger partial charge in [-0.25, -0.2) is 9.97 Å². The van der Waals surface area contributed by atoms with Gasteiger partial charge in [0.15, 0.2) is 0 Å². The molecule has 0 bridgehead atoms. The molecule has 1 aromatic heterocycles. The highest BCUT2D eigenvalue weighted by Crippen LogP contribution is 2.23. The van der Waals surface area contributed by atoms with Crippen molar-refractivity contribution in [2.24, 2.45) is 0 Å². The molecule has 7 heteroatoms. The summed E-state index contributed by atoms with van der Waals surface area (Å²) in [6.07, 6.45) is 3.59. The van der Waals surface area contributed by atoms with Crippen molar-refractivity contribution in [2.45, 2.75) is 6.42 Å². The van der Waals surface area contributed by atoms with Crippen molar-refractivity contribution in [1.29, 1.82) is 0 Å². The van der Waals surface area contributed by atoms with Crippen LogP contribution in [0.1, 0.15) is 16.1 Å². The van der Waals surface area contributed by atoms with Gasteiger partial charge in [0.25, 0.3) is 5.91 Å². The van der Waals surface area contributed by atoms with Crippen LogP contribution in [0.2, 0.25) is 5.02 Å². The molecule has 0 saturated heterocycles. The average Bonchev–Trinajstić information content (AvgIpc) is 2.70. The van der Waals surface area contributed by atoms with E-state index in [1.54, 1.807) is 13.2 Å². The van der Waals surface area contributed by atoms with E-state index in [0.717, 1.165) is 17.0 Å². The largest absolute Gasteiger partial charge is 0.496 e. The molecule has 0 fully saturated rings. The minimum absolute atomic E-state index is 0.250. The molecule has 0 aliphatic rings. The first-order valence-corrected chi connectivity index (χ1v) is 8.79. The van der Waals surface area contributed by atoms with Gasteiger partial charge in [0.2, 0.25) is 0 Å². The minimum atomic E-state index is -0.276. The molecule has 1 heterocycles. The summed E-state index contributed by atoms with van der Waals surface area (Å²) in [7, 11) is 1.63. The molecule has 0 unspecified atom stereocenters. The number of halogens is 1. The number of rotatable bonds is 7. The van der Waals surface area contributed by atoms with Crippen LogP contribution in [-0.2, 0) is 6.42 Å². The van der Waals surface area contributed by atoms with Crippen LogP contribution in [0.15, 0.2) is 60.9 Å². The molecule has 0 radical (unpaired) electrons. The number of nitrogens with one attached hydrogen (secondary N) is 2. The second kappa shape index (κ2) is 9.00. The number of amides is 1. The number of ether oxygens (including phenoxy) is 1. The summed E-state index contributed by atoms with van der Waals surface area (Å²) >= 11 is 6.10. The first kappa shape index (κ1) is 18.7.